The fraction of sp³-hybridized carbons (Fsp3) is 0.714. The molecular formula is C14H20N2O2S. The number of thiazole rings is 1. The molecule has 0 aromatic carbocycles. The number of esters is 1. The summed E-state index contributed by atoms with van der Waals surface area (Å²) >= 11 is 1.63. The van der Waals surface area contributed by atoms with Gasteiger partial charge < -0.3 is 9.64 Å². The molecule has 2 atom stereocenters. The molecular weight excluding hydrogens is 260 g/mol. The van der Waals surface area contributed by atoms with Gasteiger partial charge in [0, 0.05) is 17.5 Å². The van der Waals surface area contributed by atoms with Gasteiger partial charge in [-0.2, -0.15) is 0 Å². The number of aryl methyl sites for hydroxylation is 1. The predicted molar refractivity (Wildman–Crippen MR) is 75.9 cm³/mol. The van der Waals surface area contributed by atoms with Gasteiger partial charge in [0.15, 0.2) is 10.8 Å². The number of methoxy groups -OCH3 is 1. The molecule has 2 aliphatic rings. The van der Waals surface area contributed by atoms with Gasteiger partial charge in [0.25, 0.3) is 0 Å². The number of carbonyl (C=O) groups excluding carboxylic acids is 1. The summed E-state index contributed by atoms with van der Waals surface area (Å²) in [5, 5.41) is 1.01. The van der Waals surface area contributed by atoms with Crippen LogP contribution in [0.2, 0.25) is 0 Å². The van der Waals surface area contributed by atoms with Gasteiger partial charge in [0.05, 0.1) is 7.11 Å². The lowest BCUT2D eigenvalue weighted by atomic mass is 9.85. The average Bonchev–Trinajstić information content (AvgIpc) is 3.01. The number of fused-ring (bicyclic) bond motifs is 1. The first-order valence-electron chi connectivity index (χ1n) is 7.03. The standard InChI is InChI=1S/C14H20N2O2S/c1-9-12(13(17)18-2)15-14(19-9)16-8-7-10-5-3-4-6-11(10)16/h10-11H,3-8H2,1-2H3. The fourth-order valence-corrected chi connectivity index (χ4v) is 4.42. The minimum atomic E-state index is -0.320. The van der Waals surface area contributed by atoms with E-state index in [1.165, 1.54) is 39.2 Å². The first-order valence-corrected chi connectivity index (χ1v) is 7.84. The molecule has 0 amide bonds. The summed E-state index contributed by atoms with van der Waals surface area (Å²) < 4.78 is 4.79. The highest BCUT2D eigenvalue weighted by atomic mass is 32.1. The number of anilines is 1. The summed E-state index contributed by atoms with van der Waals surface area (Å²) in [4.78, 5) is 19.6. The zero-order valence-electron chi connectivity index (χ0n) is 11.5. The molecule has 1 saturated carbocycles. The van der Waals surface area contributed by atoms with Crippen LogP contribution in [0.5, 0.6) is 0 Å². The van der Waals surface area contributed by atoms with E-state index in [0.717, 1.165) is 22.5 Å². The van der Waals surface area contributed by atoms with Gasteiger partial charge in [-0.3, -0.25) is 0 Å². The number of hydrogen-bond donors (Lipinski definition) is 0. The van der Waals surface area contributed by atoms with E-state index in [1.54, 1.807) is 11.3 Å². The van der Waals surface area contributed by atoms with E-state index in [4.69, 9.17) is 4.74 Å². The van der Waals surface area contributed by atoms with E-state index >= 15 is 0 Å². The van der Waals surface area contributed by atoms with Gasteiger partial charge in [-0.25, -0.2) is 9.78 Å². The Hall–Kier alpha value is -1.10. The molecule has 104 valence electrons. The van der Waals surface area contributed by atoms with E-state index in [9.17, 15) is 4.79 Å². The van der Waals surface area contributed by atoms with Crippen molar-refractivity contribution in [3.05, 3.63) is 10.6 Å². The number of rotatable bonds is 2. The Morgan fingerprint density at radius 2 is 2.16 bits per heavy atom. The maximum Gasteiger partial charge on any atom is 0.357 e. The van der Waals surface area contributed by atoms with Crippen molar-refractivity contribution in [1.82, 2.24) is 4.98 Å². The molecule has 0 radical (unpaired) electrons. The Balaban J connectivity index is 1.84. The summed E-state index contributed by atoms with van der Waals surface area (Å²) in [5.41, 5.74) is 0.488. The van der Waals surface area contributed by atoms with Crippen LogP contribution in [-0.4, -0.2) is 30.6 Å². The quantitative estimate of drug-likeness (QED) is 0.781. The van der Waals surface area contributed by atoms with Crippen molar-refractivity contribution in [3.63, 3.8) is 0 Å². The molecule has 2 unspecified atom stereocenters. The molecule has 1 aliphatic carbocycles. The lowest BCUT2D eigenvalue weighted by molar-refractivity contribution is 0.0594. The van der Waals surface area contributed by atoms with Crippen molar-refractivity contribution >= 4 is 22.4 Å². The summed E-state index contributed by atoms with van der Waals surface area (Å²) in [5.74, 6) is 0.513. The molecule has 1 aliphatic heterocycles. The van der Waals surface area contributed by atoms with Crippen LogP contribution in [0.3, 0.4) is 0 Å². The van der Waals surface area contributed by atoms with Gasteiger partial charge >= 0.3 is 5.97 Å². The second-order valence-electron chi connectivity index (χ2n) is 5.49. The molecule has 0 bridgehead atoms. The maximum atomic E-state index is 11.6. The average molecular weight is 280 g/mol. The zero-order valence-corrected chi connectivity index (χ0v) is 12.3. The highest BCUT2D eigenvalue weighted by Gasteiger charge is 2.37. The summed E-state index contributed by atoms with van der Waals surface area (Å²) in [7, 11) is 1.41. The third-order valence-corrected chi connectivity index (χ3v) is 5.43. The minimum absolute atomic E-state index is 0.320. The third-order valence-electron chi connectivity index (χ3n) is 4.42. The number of ether oxygens (including phenoxy) is 1. The van der Waals surface area contributed by atoms with Gasteiger partial charge in [-0.1, -0.05) is 12.8 Å². The molecule has 4 nitrogen and oxygen atoms in total. The van der Waals surface area contributed by atoms with Crippen LogP contribution in [0.25, 0.3) is 0 Å². The Kier molecular flexibility index (Phi) is 3.48. The molecule has 3 rings (SSSR count). The number of hydrogen-bond acceptors (Lipinski definition) is 5. The topological polar surface area (TPSA) is 42.4 Å². The molecule has 2 heterocycles. The Morgan fingerprint density at radius 3 is 2.95 bits per heavy atom. The van der Waals surface area contributed by atoms with Crippen LogP contribution in [0.4, 0.5) is 5.13 Å². The molecule has 0 N–H and O–H groups in total. The number of aromatic nitrogens is 1. The van der Waals surface area contributed by atoms with Gasteiger partial charge in [0.2, 0.25) is 0 Å². The predicted octanol–water partition coefficient (Wildman–Crippen LogP) is 3.01. The van der Waals surface area contributed by atoms with E-state index in [2.05, 4.69) is 9.88 Å². The minimum Gasteiger partial charge on any atom is -0.464 e. The van der Waals surface area contributed by atoms with Crippen LogP contribution in [0.15, 0.2) is 0 Å². The molecule has 1 aromatic rings. The van der Waals surface area contributed by atoms with Gasteiger partial charge in [-0.15, -0.1) is 11.3 Å². The van der Waals surface area contributed by atoms with E-state index < -0.39 is 0 Å². The summed E-state index contributed by atoms with van der Waals surface area (Å²) in [6.45, 7) is 3.03. The molecule has 1 aromatic heterocycles. The van der Waals surface area contributed by atoms with Crippen molar-refractivity contribution in [2.75, 3.05) is 18.6 Å². The highest BCUT2D eigenvalue weighted by Crippen LogP contribution is 2.40. The van der Waals surface area contributed by atoms with E-state index in [-0.39, 0.29) is 5.97 Å². The Bertz CT molecular complexity index is 486. The molecule has 2 fully saturated rings. The van der Waals surface area contributed by atoms with E-state index in [1.807, 2.05) is 6.92 Å². The SMILES string of the molecule is COC(=O)c1nc(N2CCC3CCCCC32)sc1C. The Morgan fingerprint density at radius 1 is 1.37 bits per heavy atom. The first-order chi connectivity index (χ1) is 9.20. The highest BCUT2D eigenvalue weighted by molar-refractivity contribution is 7.15. The second-order valence-corrected chi connectivity index (χ2v) is 6.67. The smallest absolute Gasteiger partial charge is 0.357 e. The number of carbonyl (C=O) groups is 1. The van der Waals surface area contributed by atoms with Crippen LogP contribution >= 0.6 is 11.3 Å². The van der Waals surface area contributed by atoms with E-state index in [0.29, 0.717) is 11.7 Å². The Labute approximate surface area is 117 Å². The van der Waals surface area contributed by atoms with Crippen LogP contribution in [0, 0.1) is 12.8 Å². The largest absolute Gasteiger partial charge is 0.464 e. The van der Waals surface area contributed by atoms with Crippen molar-refractivity contribution < 1.29 is 9.53 Å². The van der Waals surface area contributed by atoms with Crippen molar-refractivity contribution in [1.29, 1.82) is 0 Å². The third kappa shape index (κ3) is 2.24. The van der Waals surface area contributed by atoms with Gasteiger partial charge in [0.1, 0.15) is 0 Å². The van der Waals surface area contributed by atoms with Crippen molar-refractivity contribution in [3.8, 4) is 0 Å². The normalized spacial score (nSPS) is 26.3. The lowest BCUT2D eigenvalue weighted by Gasteiger charge is -2.31. The lowest BCUT2D eigenvalue weighted by Crippen LogP contribution is -2.34. The summed E-state index contributed by atoms with van der Waals surface area (Å²) in [6, 6.07) is 0.643. The van der Waals surface area contributed by atoms with Gasteiger partial charge in [-0.05, 0) is 32.1 Å². The van der Waals surface area contributed by atoms with Crippen LogP contribution in [0.1, 0.15) is 47.5 Å². The molecule has 0 spiro atoms. The molecule has 19 heavy (non-hydrogen) atoms. The van der Waals surface area contributed by atoms with Crippen molar-refractivity contribution in [2.45, 2.75) is 45.1 Å². The summed E-state index contributed by atoms with van der Waals surface area (Å²) in [6.07, 6.45) is 6.61. The van der Waals surface area contributed by atoms with Crippen molar-refractivity contribution in [2.24, 2.45) is 5.92 Å². The zero-order chi connectivity index (χ0) is 13.4. The fourth-order valence-electron chi connectivity index (χ4n) is 3.43. The monoisotopic (exact) mass is 280 g/mol. The molecule has 5 heteroatoms. The molecule has 1 saturated heterocycles. The maximum absolute atomic E-state index is 11.6. The number of nitrogens with zero attached hydrogens (tertiary/aromatic N) is 2. The van der Waals surface area contributed by atoms with Crippen LogP contribution < -0.4 is 4.90 Å². The first kappa shape index (κ1) is 12.9. The second kappa shape index (κ2) is 5.12. The van der Waals surface area contributed by atoms with Crippen LogP contribution in [-0.2, 0) is 4.74 Å².